The summed E-state index contributed by atoms with van der Waals surface area (Å²) in [7, 11) is 0. The molecule has 3 heterocycles. The van der Waals surface area contributed by atoms with Crippen LogP contribution in [-0.2, 0) is 11.3 Å². The maximum absolute atomic E-state index is 12.6. The number of benzene rings is 1. The van der Waals surface area contributed by atoms with Crippen LogP contribution in [0.5, 0.6) is 0 Å². The number of Topliss-reactive ketones (excluding diaryl/α,β-unsaturated/α-hetero) is 1. The van der Waals surface area contributed by atoms with Gasteiger partial charge in [0.25, 0.3) is 0 Å². The zero-order valence-corrected chi connectivity index (χ0v) is 17.0. The van der Waals surface area contributed by atoms with E-state index in [9.17, 15) is 14.7 Å². The van der Waals surface area contributed by atoms with Crippen molar-refractivity contribution in [2.45, 2.75) is 25.6 Å². The Balaban J connectivity index is 1.47. The standard InChI is InChI=1S/C21H22N4O4S/c26-16(19-22-7-8-23-19)10-15-6-9-25(21-24-11-18(30-21)20(27)28)12-17(15)29-13-14-4-2-1-3-5-14/h1-5,7-8,11,15,17H,6,9-10,12-13H2,(H,22,23)(H,27,28)/t15-,17-/m0/s1. The van der Waals surface area contributed by atoms with E-state index in [0.29, 0.717) is 37.1 Å². The van der Waals surface area contributed by atoms with Gasteiger partial charge in [-0.3, -0.25) is 4.79 Å². The van der Waals surface area contributed by atoms with Crippen LogP contribution in [0.4, 0.5) is 5.13 Å². The monoisotopic (exact) mass is 426 g/mol. The highest BCUT2D eigenvalue weighted by atomic mass is 32.1. The number of ether oxygens (including phenoxy) is 1. The Labute approximate surface area is 177 Å². The molecule has 9 heteroatoms. The Morgan fingerprint density at radius 1 is 1.27 bits per heavy atom. The first-order valence-electron chi connectivity index (χ1n) is 9.72. The Kier molecular flexibility index (Phi) is 6.20. The molecule has 4 rings (SSSR count). The van der Waals surface area contributed by atoms with Crippen molar-refractivity contribution in [3.05, 3.63) is 65.2 Å². The van der Waals surface area contributed by atoms with Gasteiger partial charge in [-0.15, -0.1) is 0 Å². The lowest BCUT2D eigenvalue weighted by Gasteiger charge is -2.38. The number of thiazole rings is 1. The molecule has 0 unspecified atom stereocenters. The average molecular weight is 426 g/mol. The summed E-state index contributed by atoms with van der Waals surface area (Å²) in [6, 6.07) is 9.89. The van der Waals surface area contributed by atoms with Crippen molar-refractivity contribution >= 4 is 28.2 Å². The molecule has 3 aromatic rings. The molecule has 156 valence electrons. The van der Waals surface area contributed by atoms with E-state index in [0.717, 1.165) is 23.3 Å². The van der Waals surface area contributed by atoms with Crippen LogP contribution in [0.15, 0.2) is 48.9 Å². The minimum Gasteiger partial charge on any atom is -0.477 e. The minimum atomic E-state index is -0.977. The van der Waals surface area contributed by atoms with E-state index in [2.05, 4.69) is 15.0 Å². The number of carboxylic acids is 1. The van der Waals surface area contributed by atoms with Crippen LogP contribution in [0.2, 0.25) is 0 Å². The summed E-state index contributed by atoms with van der Waals surface area (Å²) in [6.45, 7) is 1.69. The number of carboxylic acid groups (broad SMARTS) is 1. The number of hydrogen-bond donors (Lipinski definition) is 2. The molecule has 2 aromatic heterocycles. The molecule has 1 aliphatic heterocycles. The largest absolute Gasteiger partial charge is 0.477 e. The van der Waals surface area contributed by atoms with E-state index in [1.807, 2.05) is 35.2 Å². The first-order chi connectivity index (χ1) is 14.6. The molecule has 0 bridgehead atoms. The van der Waals surface area contributed by atoms with Gasteiger partial charge in [0.05, 0.1) is 18.9 Å². The topological polar surface area (TPSA) is 108 Å². The van der Waals surface area contributed by atoms with Crippen molar-refractivity contribution in [3.63, 3.8) is 0 Å². The van der Waals surface area contributed by atoms with E-state index >= 15 is 0 Å². The highest BCUT2D eigenvalue weighted by molar-refractivity contribution is 7.17. The third-order valence-corrected chi connectivity index (χ3v) is 6.23. The molecule has 0 amide bonds. The van der Waals surface area contributed by atoms with Gasteiger partial charge in [0.2, 0.25) is 0 Å². The average Bonchev–Trinajstić information content (AvgIpc) is 3.46. The van der Waals surface area contributed by atoms with Crippen LogP contribution in [0.25, 0.3) is 0 Å². The molecule has 1 aromatic carbocycles. The quantitative estimate of drug-likeness (QED) is 0.532. The number of carbonyl (C=O) groups is 2. The molecule has 8 nitrogen and oxygen atoms in total. The van der Waals surface area contributed by atoms with Crippen molar-refractivity contribution in [2.24, 2.45) is 5.92 Å². The second-order valence-electron chi connectivity index (χ2n) is 7.21. The fraction of sp³-hybridized carbons (Fsp3) is 0.333. The van der Waals surface area contributed by atoms with Crippen LogP contribution in [0, 0.1) is 5.92 Å². The molecule has 0 aliphatic carbocycles. The lowest BCUT2D eigenvalue weighted by Crippen LogP contribution is -2.46. The maximum Gasteiger partial charge on any atom is 0.347 e. The lowest BCUT2D eigenvalue weighted by molar-refractivity contribution is -0.00685. The van der Waals surface area contributed by atoms with Gasteiger partial charge in [-0.1, -0.05) is 41.7 Å². The van der Waals surface area contributed by atoms with Gasteiger partial charge in [-0.25, -0.2) is 14.8 Å². The highest BCUT2D eigenvalue weighted by Gasteiger charge is 2.33. The smallest absolute Gasteiger partial charge is 0.347 e. The number of aromatic nitrogens is 3. The minimum absolute atomic E-state index is 0.0332. The van der Waals surface area contributed by atoms with Crippen LogP contribution in [0.1, 0.15) is 38.7 Å². The number of rotatable bonds is 8. The second kappa shape index (κ2) is 9.19. The van der Waals surface area contributed by atoms with Gasteiger partial charge in [0, 0.05) is 31.9 Å². The third-order valence-electron chi connectivity index (χ3n) is 5.19. The Morgan fingerprint density at radius 2 is 2.10 bits per heavy atom. The number of hydrogen-bond acceptors (Lipinski definition) is 7. The zero-order chi connectivity index (χ0) is 20.9. The predicted molar refractivity (Wildman–Crippen MR) is 112 cm³/mol. The fourth-order valence-electron chi connectivity index (χ4n) is 3.60. The Bertz CT molecular complexity index is 990. The summed E-state index contributed by atoms with van der Waals surface area (Å²) in [4.78, 5) is 37.2. The van der Waals surface area contributed by atoms with Crippen molar-refractivity contribution in [3.8, 4) is 0 Å². The van der Waals surface area contributed by atoms with Gasteiger partial charge in [-0.05, 0) is 17.9 Å². The number of H-pyrrole nitrogens is 1. The predicted octanol–water partition coefficient (Wildman–Crippen LogP) is 3.25. The number of ketones is 1. The third kappa shape index (κ3) is 4.74. The van der Waals surface area contributed by atoms with Crippen molar-refractivity contribution < 1.29 is 19.4 Å². The molecule has 0 saturated carbocycles. The number of piperidine rings is 1. The maximum atomic E-state index is 12.6. The number of aromatic carboxylic acids is 1. The highest BCUT2D eigenvalue weighted by Crippen LogP contribution is 2.31. The summed E-state index contributed by atoms with van der Waals surface area (Å²) in [5.41, 5.74) is 1.06. The van der Waals surface area contributed by atoms with E-state index < -0.39 is 5.97 Å². The van der Waals surface area contributed by atoms with Gasteiger partial charge in [-0.2, -0.15) is 0 Å². The number of carbonyl (C=O) groups excluding carboxylic acids is 1. The summed E-state index contributed by atoms with van der Waals surface area (Å²) in [6.07, 6.45) is 5.50. The summed E-state index contributed by atoms with van der Waals surface area (Å²) in [5, 5.41) is 9.83. The molecule has 2 N–H and O–H groups in total. The van der Waals surface area contributed by atoms with Gasteiger partial charge in [0.1, 0.15) is 4.88 Å². The number of aromatic amines is 1. The zero-order valence-electron chi connectivity index (χ0n) is 16.2. The Hall–Kier alpha value is -3.04. The molecular weight excluding hydrogens is 404 g/mol. The molecule has 0 spiro atoms. The number of imidazole rings is 1. The van der Waals surface area contributed by atoms with E-state index in [-0.39, 0.29) is 22.7 Å². The van der Waals surface area contributed by atoms with E-state index in [1.165, 1.54) is 6.20 Å². The first-order valence-corrected chi connectivity index (χ1v) is 10.5. The summed E-state index contributed by atoms with van der Waals surface area (Å²) in [5.74, 6) is -0.601. The van der Waals surface area contributed by atoms with Gasteiger partial charge in [0.15, 0.2) is 16.7 Å². The van der Waals surface area contributed by atoms with Crippen LogP contribution >= 0.6 is 11.3 Å². The normalized spacial score (nSPS) is 19.0. The molecule has 1 fully saturated rings. The lowest BCUT2D eigenvalue weighted by atomic mass is 9.89. The SMILES string of the molecule is O=C(C[C@@H]1CCN(c2ncc(C(=O)O)s2)C[C@@H]1OCc1ccccc1)c1ncc[nH]1. The van der Waals surface area contributed by atoms with E-state index in [4.69, 9.17) is 4.74 Å². The number of anilines is 1. The number of nitrogens with zero attached hydrogens (tertiary/aromatic N) is 3. The molecular formula is C21H22N4O4S. The molecule has 2 atom stereocenters. The van der Waals surface area contributed by atoms with Gasteiger partial charge < -0.3 is 19.7 Å². The van der Waals surface area contributed by atoms with Crippen molar-refractivity contribution in [2.75, 3.05) is 18.0 Å². The summed E-state index contributed by atoms with van der Waals surface area (Å²) < 4.78 is 6.24. The van der Waals surface area contributed by atoms with Crippen molar-refractivity contribution in [1.29, 1.82) is 0 Å². The first kappa shape index (κ1) is 20.2. The van der Waals surface area contributed by atoms with E-state index in [1.54, 1.807) is 12.4 Å². The van der Waals surface area contributed by atoms with Crippen LogP contribution < -0.4 is 4.90 Å². The fourth-order valence-corrected chi connectivity index (χ4v) is 4.39. The molecule has 1 aliphatic rings. The van der Waals surface area contributed by atoms with Gasteiger partial charge >= 0.3 is 5.97 Å². The van der Waals surface area contributed by atoms with Crippen LogP contribution in [-0.4, -0.2) is 51.0 Å². The molecule has 0 radical (unpaired) electrons. The van der Waals surface area contributed by atoms with Crippen molar-refractivity contribution in [1.82, 2.24) is 15.0 Å². The van der Waals surface area contributed by atoms with Crippen LogP contribution in [0.3, 0.4) is 0 Å². The second-order valence-corrected chi connectivity index (χ2v) is 8.22. The molecule has 1 saturated heterocycles. The number of nitrogens with one attached hydrogen (secondary N) is 1. The Morgan fingerprint density at radius 3 is 2.80 bits per heavy atom. The summed E-state index contributed by atoms with van der Waals surface area (Å²) >= 11 is 1.15. The molecule has 30 heavy (non-hydrogen) atoms.